The van der Waals surface area contributed by atoms with E-state index in [1.807, 2.05) is 0 Å². The molecule has 0 saturated carbocycles. The van der Waals surface area contributed by atoms with E-state index in [9.17, 15) is 14.0 Å². The Morgan fingerprint density at radius 3 is 2.25 bits per heavy atom. The summed E-state index contributed by atoms with van der Waals surface area (Å²) in [6.07, 6.45) is -0.196. The molecule has 0 atom stereocenters. The Morgan fingerprint density at radius 2 is 1.59 bits per heavy atom. The van der Waals surface area contributed by atoms with Gasteiger partial charge in [0, 0.05) is 12.0 Å². The molecule has 0 bridgehead atoms. The van der Waals surface area contributed by atoms with Crippen molar-refractivity contribution in [3.8, 4) is 22.6 Å². The Balaban J connectivity index is 1.86. The molecule has 1 N–H and O–H groups in total. The summed E-state index contributed by atoms with van der Waals surface area (Å²) in [5, 5.41) is 2.61. The van der Waals surface area contributed by atoms with Crippen LogP contribution in [-0.2, 0) is 14.3 Å². The van der Waals surface area contributed by atoms with Crippen LogP contribution in [0.3, 0.4) is 0 Å². The summed E-state index contributed by atoms with van der Waals surface area (Å²) in [6.45, 7) is 7.96. The number of carbonyl (C=O) groups is 2. The average Bonchev–Trinajstić information content (AvgIpc) is 2.74. The second-order valence-corrected chi connectivity index (χ2v) is 7.87. The first-order valence-electron chi connectivity index (χ1n) is 10.5. The molecule has 0 aromatic heterocycles. The third-order valence-electron chi connectivity index (χ3n) is 4.05. The fourth-order valence-electron chi connectivity index (χ4n) is 2.60. The number of amides is 1. The molecular formula is C24H30FNO6. The van der Waals surface area contributed by atoms with Crippen molar-refractivity contribution in [2.24, 2.45) is 0 Å². The van der Waals surface area contributed by atoms with Crippen molar-refractivity contribution in [2.75, 3.05) is 26.4 Å². The van der Waals surface area contributed by atoms with Gasteiger partial charge in [-0.15, -0.1) is 0 Å². The predicted octanol–water partition coefficient (Wildman–Crippen LogP) is 4.73. The Morgan fingerprint density at radius 1 is 0.938 bits per heavy atom. The lowest BCUT2D eigenvalue weighted by molar-refractivity contribution is -0.143. The van der Waals surface area contributed by atoms with E-state index in [-0.39, 0.29) is 38.2 Å². The average molecular weight is 448 g/mol. The predicted molar refractivity (Wildman–Crippen MR) is 118 cm³/mol. The summed E-state index contributed by atoms with van der Waals surface area (Å²) in [5.74, 6) is 0.383. The van der Waals surface area contributed by atoms with Crippen LogP contribution in [-0.4, -0.2) is 44.0 Å². The highest BCUT2D eigenvalue weighted by molar-refractivity contribution is 5.69. The van der Waals surface area contributed by atoms with E-state index < -0.39 is 11.7 Å². The zero-order valence-electron chi connectivity index (χ0n) is 18.9. The number of ether oxygens (including phenoxy) is 4. The van der Waals surface area contributed by atoms with Gasteiger partial charge in [0.1, 0.15) is 42.7 Å². The lowest BCUT2D eigenvalue weighted by Gasteiger charge is -2.19. The first kappa shape index (κ1) is 25.0. The molecule has 0 saturated heterocycles. The summed E-state index contributed by atoms with van der Waals surface area (Å²) in [7, 11) is 0. The zero-order valence-corrected chi connectivity index (χ0v) is 18.9. The van der Waals surface area contributed by atoms with Crippen molar-refractivity contribution in [2.45, 2.75) is 39.7 Å². The highest BCUT2D eigenvalue weighted by Gasteiger charge is 2.15. The number of hydrogen-bond donors (Lipinski definition) is 1. The van der Waals surface area contributed by atoms with Crippen LogP contribution >= 0.6 is 0 Å². The lowest BCUT2D eigenvalue weighted by Crippen LogP contribution is -2.34. The van der Waals surface area contributed by atoms with Crippen LogP contribution in [0.15, 0.2) is 42.5 Å². The lowest BCUT2D eigenvalue weighted by atomic mass is 10.0. The van der Waals surface area contributed by atoms with Crippen LogP contribution in [0.5, 0.6) is 11.5 Å². The van der Waals surface area contributed by atoms with E-state index in [0.717, 1.165) is 0 Å². The molecule has 2 aromatic rings. The standard InChI is InChI=1S/C24H30FNO6/c1-5-22(27)31-15-14-30-19-10-11-21(25)20(16-19)17-6-8-18(9-7-17)29-13-12-26-23(28)32-24(2,3)4/h6-11,16H,5,12-15H2,1-4H3,(H,26,28). The van der Waals surface area contributed by atoms with Crippen LogP contribution < -0.4 is 14.8 Å². The minimum absolute atomic E-state index is 0.133. The van der Waals surface area contributed by atoms with Gasteiger partial charge >= 0.3 is 12.1 Å². The van der Waals surface area contributed by atoms with Gasteiger partial charge in [-0.05, 0) is 56.7 Å². The molecular weight excluding hydrogens is 417 g/mol. The number of hydrogen-bond acceptors (Lipinski definition) is 6. The molecule has 32 heavy (non-hydrogen) atoms. The summed E-state index contributed by atoms with van der Waals surface area (Å²) in [6, 6.07) is 11.4. The third kappa shape index (κ3) is 8.83. The fraction of sp³-hybridized carbons (Fsp3) is 0.417. The number of benzene rings is 2. The Bertz CT molecular complexity index is 892. The van der Waals surface area contributed by atoms with Gasteiger partial charge in [-0.2, -0.15) is 0 Å². The van der Waals surface area contributed by atoms with Crippen molar-refractivity contribution in [3.63, 3.8) is 0 Å². The third-order valence-corrected chi connectivity index (χ3v) is 4.05. The SMILES string of the molecule is CCC(=O)OCCOc1ccc(F)c(-c2ccc(OCCNC(=O)OC(C)(C)C)cc2)c1. The van der Waals surface area contributed by atoms with Gasteiger partial charge in [0.25, 0.3) is 0 Å². The number of rotatable bonds is 10. The Labute approximate surface area is 187 Å². The molecule has 7 nitrogen and oxygen atoms in total. The van der Waals surface area contributed by atoms with Gasteiger partial charge in [-0.25, -0.2) is 9.18 Å². The smallest absolute Gasteiger partial charge is 0.407 e. The number of esters is 1. The van der Waals surface area contributed by atoms with Gasteiger partial charge in [0.05, 0.1) is 6.54 Å². The molecule has 0 fully saturated rings. The number of alkyl carbamates (subject to hydrolysis) is 1. The van der Waals surface area contributed by atoms with E-state index in [4.69, 9.17) is 18.9 Å². The topological polar surface area (TPSA) is 83.1 Å². The molecule has 174 valence electrons. The van der Waals surface area contributed by atoms with Crippen LogP contribution in [0.25, 0.3) is 11.1 Å². The van der Waals surface area contributed by atoms with E-state index in [0.29, 0.717) is 29.0 Å². The zero-order chi connectivity index (χ0) is 23.6. The van der Waals surface area contributed by atoms with Gasteiger partial charge in [0.2, 0.25) is 0 Å². The minimum atomic E-state index is -0.555. The first-order valence-corrected chi connectivity index (χ1v) is 10.5. The molecule has 8 heteroatoms. The van der Waals surface area contributed by atoms with Crippen LogP contribution in [0.2, 0.25) is 0 Å². The van der Waals surface area contributed by atoms with Crippen LogP contribution in [0.1, 0.15) is 34.1 Å². The van der Waals surface area contributed by atoms with Crippen molar-refractivity contribution in [3.05, 3.63) is 48.3 Å². The molecule has 1 amide bonds. The molecule has 0 spiro atoms. The normalized spacial score (nSPS) is 10.9. The minimum Gasteiger partial charge on any atom is -0.492 e. The monoisotopic (exact) mass is 447 g/mol. The molecule has 2 rings (SSSR count). The fourth-order valence-corrected chi connectivity index (χ4v) is 2.60. The van der Waals surface area contributed by atoms with Gasteiger partial charge in [-0.3, -0.25) is 4.79 Å². The number of nitrogens with one attached hydrogen (secondary N) is 1. The maximum atomic E-state index is 14.3. The highest BCUT2D eigenvalue weighted by Crippen LogP contribution is 2.28. The molecule has 0 radical (unpaired) electrons. The summed E-state index contributed by atoms with van der Waals surface area (Å²) < 4.78 is 35.6. The van der Waals surface area contributed by atoms with E-state index >= 15 is 0 Å². The van der Waals surface area contributed by atoms with Crippen molar-refractivity contribution < 1.29 is 32.9 Å². The summed E-state index contributed by atoms with van der Waals surface area (Å²) in [4.78, 5) is 22.7. The molecule has 0 heterocycles. The summed E-state index contributed by atoms with van der Waals surface area (Å²) in [5.41, 5.74) is 0.482. The maximum absolute atomic E-state index is 14.3. The molecule has 0 unspecified atom stereocenters. The maximum Gasteiger partial charge on any atom is 0.407 e. The number of carbonyl (C=O) groups excluding carboxylic acids is 2. The number of halogens is 1. The quantitative estimate of drug-likeness (QED) is 0.419. The summed E-state index contributed by atoms with van der Waals surface area (Å²) >= 11 is 0. The molecule has 0 aliphatic rings. The van der Waals surface area contributed by atoms with E-state index in [1.54, 1.807) is 58.0 Å². The van der Waals surface area contributed by atoms with Crippen molar-refractivity contribution >= 4 is 12.1 Å². The second kappa shape index (κ2) is 11.9. The Kier molecular flexibility index (Phi) is 9.31. The van der Waals surface area contributed by atoms with Gasteiger partial charge in [0.15, 0.2) is 0 Å². The Hall–Kier alpha value is -3.29. The van der Waals surface area contributed by atoms with Gasteiger partial charge < -0.3 is 24.3 Å². The van der Waals surface area contributed by atoms with E-state index in [2.05, 4.69) is 5.32 Å². The molecule has 2 aromatic carbocycles. The van der Waals surface area contributed by atoms with E-state index in [1.165, 1.54) is 12.1 Å². The van der Waals surface area contributed by atoms with Crippen LogP contribution in [0.4, 0.5) is 9.18 Å². The van der Waals surface area contributed by atoms with Crippen molar-refractivity contribution in [1.82, 2.24) is 5.32 Å². The molecule has 0 aliphatic heterocycles. The van der Waals surface area contributed by atoms with Crippen molar-refractivity contribution in [1.29, 1.82) is 0 Å². The first-order chi connectivity index (χ1) is 15.2. The highest BCUT2D eigenvalue weighted by atomic mass is 19.1. The largest absolute Gasteiger partial charge is 0.492 e. The van der Waals surface area contributed by atoms with Gasteiger partial charge in [-0.1, -0.05) is 19.1 Å². The molecule has 0 aliphatic carbocycles. The van der Waals surface area contributed by atoms with Crippen LogP contribution in [0, 0.1) is 5.82 Å². The second-order valence-electron chi connectivity index (χ2n) is 7.87.